The lowest BCUT2D eigenvalue weighted by atomic mass is 9.99. The number of rotatable bonds is 4. The number of thiazole rings is 1. The number of amides is 2. The molecule has 0 saturated carbocycles. The van der Waals surface area contributed by atoms with Gasteiger partial charge in [-0.05, 0) is 30.5 Å². The Hall–Kier alpha value is -2.41. The Morgan fingerprint density at radius 2 is 2.20 bits per heavy atom. The van der Waals surface area contributed by atoms with Gasteiger partial charge in [0.1, 0.15) is 0 Å². The molecule has 1 aliphatic heterocycles. The summed E-state index contributed by atoms with van der Waals surface area (Å²) >= 11 is 1.34. The molecule has 6 nitrogen and oxygen atoms in total. The van der Waals surface area contributed by atoms with Crippen molar-refractivity contribution >= 4 is 39.7 Å². The fraction of sp³-hybridized carbons (Fsp3) is 0.389. The summed E-state index contributed by atoms with van der Waals surface area (Å²) < 4.78 is 0. The molecular weight excluding hydrogens is 336 g/mol. The van der Waals surface area contributed by atoms with Gasteiger partial charge in [0.25, 0.3) is 0 Å². The van der Waals surface area contributed by atoms with Gasteiger partial charge >= 0.3 is 0 Å². The number of aromatic nitrogens is 1. The fourth-order valence-electron chi connectivity index (χ4n) is 2.86. The number of hydrogen-bond acceptors (Lipinski definition) is 5. The molecule has 0 atom stereocenters. The van der Waals surface area contributed by atoms with Gasteiger partial charge in [-0.2, -0.15) is 0 Å². The van der Waals surface area contributed by atoms with Gasteiger partial charge in [-0.25, -0.2) is 4.98 Å². The number of carbonyl (C=O) groups excluding carboxylic acids is 2. The van der Waals surface area contributed by atoms with Crippen molar-refractivity contribution in [1.29, 1.82) is 0 Å². The molecule has 0 saturated heterocycles. The van der Waals surface area contributed by atoms with Gasteiger partial charge < -0.3 is 16.0 Å². The van der Waals surface area contributed by atoms with E-state index in [1.54, 1.807) is 4.90 Å². The molecule has 0 spiro atoms. The van der Waals surface area contributed by atoms with Crippen LogP contribution in [0.1, 0.15) is 31.5 Å². The largest absolute Gasteiger partial charge is 0.398 e. The SMILES string of the molecule is CC(C)C(=O)Nc1nc(CC(=O)N2CCCc3c(N)cccc32)cs1. The molecule has 3 rings (SSSR count). The van der Waals surface area contributed by atoms with Crippen LogP contribution in [0, 0.1) is 5.92 Å². The minimum Gasteiger partial charge on any atom is -0.398 e. The van der Waals surface area contributed by atoms with Crippen LogP contribution in [0.25, 0.3) is 0 Å². The number of benzene rings is 1. The second-order valence-corrected chi connectivity index (χ2v) is 7.32. The van der Waals surface area contributed by atoms with E-state index in [1.165, 1.54) is 11.3 Å². The predicted molar refractivity (Wildman–Crippen MR) is 101 cm³/mol. The first-order valence-electron chi connectivity index (χ1n) is 8.38. The highest BCUT2D eigenvalue weighted by Gasteiger charge is 2.24. The number of carbonyl (C=O) groups is 2. The third-order valence-electron chi connectivity index (χ3n) is 4.23. The van der Waals surface area contributed by atoms with Crippen molar-refractivity contribution in [2.45, 2.75) is 33.1 Å². The molecule has 3 N–H and O–H groups in total. The van der Waals surface area contributed by atoms with Crippen molar-refractivity contribution in [2.75, 3.05) is 22.5 Å². The van der Waals surface area contributed by atoms with Gasteiger partial charge in [-0.3, -0.25) is 9.59 Å². The smallest absolute Gasteiger partial charge is 0.233 e. The fourth-order valence-corrected chi connectivity index (χ4v) is 3.57. The summed E-state index contributed by atoms with van der Waals surface area (Å²) in [5.41, 5.74) is 9.40. The molecule has 7 heteroatoms. The Morgan fingerprint density at radius 1 is 1.40 bits per heavy atom. The zero-order valence-corrected chi connectivity index (χ0v) is 15.2. The van der Waals surface area contributed by atoms with Gasteiger partial charge in [0.15, 0.2) is 5.13 Å². The molecule has 1 aromatic carbocycles. The summed E-state index contributed by atoms with van der Waals surface area (Å²) in [7, 11) is 0. The molecule has 2 amide bonds. The molecule has 132 valence electrons. The molecule has 2 aromatic rings. The van der Waals surface area contributed by atoms with Crippen molar-refractivity contribution in [2.24, 2.45) is 5.92 Å². The molecule has 1 aliphatic rings. The van der Waals surface area contributed by atoms with Crippen molar-refractivity contribution in [3.8, 4) is 0 Å². The minimum atomic E-state index is -0.107. The second kappa shape index (κ2) is 7.23. The Labute approximate surface area is 151 Å². The molecular formula is C18H22N4O2S. The van der Waals surface area contributed by atoms with E-state index in [0.717, 1.165) is 29.8 Å². The lowest BCUT2D eigenvalue weighted by Gasteiger charge is -2.30. The molecule has 0 unspecified atom stereocenters. The zero-order valence-electron chi connectivity index (χ0n) is 14.4. The van der Waals surface area contributed by atoms with Gasteiger partial charge in [0, 0.05) is 29.2 Å². The molecule has 0 fully saturated rings. The van der Waals surface area contributed by atoms with Gasteiger partial charge in [-0.1, -0.05) is 19.9 Å². The highest BCUT2D eigenvalue weighted by Crippen LogP contribution is 2.31. The average Bonchev–Trinajstić information content (AvgIpc) is 3.01. The minimum absolute atomic E-state index is 0.00131. The first kappa shape index (κ1) is 17.4. The molecule has 1 aromatic heterocycles. The van der Waals surface area contributed by atoms with Crippen LogP contribution < -0.4 is 16.0 Å². The Morgan fingerprint density at radius 3 is 2.96 bits per heavy atom. The Kier molecular flexibility index (Phi) is 5.03. The van der Waals surface area contributed by atoms with Gasteiger partial charge in [0.2, 0.25) is 11.8 Å². The third kappa shape index (κ3) is 3.82. The predicted octanol–water partition coefficient (Wildman–Crippen LogP) is 2.84. The third-order valence-corrected chi connectivity index (χ3v) is 5.03. The van der Waals surface area contributed by atoms with Crippen LogP contribution in [-0.2, 0) is 22.4 Å². The zero-order chi connectivity index (χ0) is 18.0. The Balaban J connectivity index is 1.71. The number of fused-ring (bicyclic) bond motifs is 1. The van der Waals surface area contributed by atoms with Crippen LogP contribution in [0.3, 0.4) is 0 Å². The maximum atomic E-state index is 12.7. The van der Waals surface area contributed by atoms with Gasteiger partial charge in [-0.15, -0.1) is 11.3 Å². The first-order chi connectivity index (χ1) is 12.0. The van der Waals surface area contributed by atoms with Crippen LogP contribution in [0.4, 0.5) is 16.5 Å². The monoisotopic (exact) mass is 358 g/mol. The average molecular weight is 358 g/mol. The van der Waals surface area contributed by atoms with E-state index in [4.69, 9.17) is 5.73 Å². The quantitative estimate of drug-likeness (QED) is 0.823. The number of nitrogen functional groups attached to an aromatic ring is 1. The molecule has 2 heterocycles. The Bertz CT molecular complexity index is 800. The number of nitrogens with zero attached hydrogens (tertiary/aromatic N) is 2. The molecule has 0 bridgehead atoms. The standard InChI is InChI=1S/C18H22N4O2S/c1-11(2)17(24)21-18-20-12(10-25-18)9-16(23)22-8-4-5-13-14(19)6-3-7-15(13)22/h3,6-7,10-11H,4-5,8-9,19H2,1-2H3,(H,20,21,24). The number of nitrogens with two attached hydrogens (primary N) is 1. The summed E-state index contributed by atoms with van der Waals surface area (Å²) in [6, 6.07) is 5.69. The van der Waals surface area contributed by atoms with Crippen LogP contribution >= 0.6 is 11.3 Å². The van der Waals surface area contributed by atoms with Crippen LogP contribution in [0.5, 0.6) is 0 Å². The maximum Gasteiger partial charge on any atom is 0.233 e. The lowest BCUT2D eigenvalue weighted by molar-refractivity contribution is -0.119. The molecule has 0 radical (unpaired) electrons. The summed E-state index contributed by atoms with van der Waals surface area (Å²) in [6.45, 7) is 4.34. The number of hydrogen-bond donors (Lipinski definition) is 2. The summed E-state index contributed by atoms with van der Waals surface area (Å²) in [5, 5.41) is 5.11. The van der Waals surface area contributed by atoms with E-state index in [1.807, 2.05) is 37.4 Å². The molecule has 0 aliphatic carbocycles. The van der Waals surface area contributed by atoms with E-state index in [2.05, 4.69) is 10.3 Å². The van der Waals surface area contributed by atoms with Crippen molar-refractivity contribution in [3.63, 3.8) is 0 Å². The highest BCUT2D eigenvalue weighted by atomic mass is 32.1. The topological polar surface area (TPSA) is 88.3 Å². The van der Waals surface area contributed by atoms with Crippen molar-refractivity contribution < 1.29 is 9.59 Å². The van der Waals surface area contributed by atoms with Crippen LogP contribution in [-0.4, -0.2) is 23.3 Å². The maximum absolute atomic E-state index is 12.7. The normalized spacial score (nSPS) is 13.6. The lowest BCUT2D eigenvalue weighted by Crippen LogP contribution is -2.36. The van der Waals surface area contributed by atoms with Crippen molar-refractivity contribution in [3.05, 3.63) is 34.8 Å². The summed E-state index contributed by atoms with van der Waals surface area (Å²) in [4.78, 5) is 30.6. The van der Waals surface area contributed by atoms with E-state index >= 15 is 0 Å². The van der Waals surface area contributed by atoms with Crippen LogP contribution in [0.15, 0.2) is 23.6 Å². The second-order valence-electron chi connectivity index (χ2n) is 6.46. The van der Waals surface area contributed by atoms with E-state index < -0.39 is 0 Å². The van der Waals surface area contributed by atoms with Crippen molar-refractivity contribution in [1.82, 2.24) is 4.98 Å². The number of anilines is 3. The summed E-state index contributed by atoms with van der Waals surface area (Å²) in [6.07, 6.45) is 2.01. The number of nitrogens with one attached hydrogen (secondary N) is 1. The van der Waals surface area contributed by atoms with E-state index in [-0.39, 0.29) is 24.2 Å². The van der Waals surface area contributed by atoms with E-state index in [0.29, 0.717) is 17.4 Å². The van der Waals surface area contributed by atoms with Crippen LogP contribution in [0.2, 0.25) is 0 Å². The molecule has 25 heavy (non-hydrogen) atoms. The highest BCUT2D eigenvalue weighted by molar-refractivity contribution is 7.13. The summed E-state index contributed by atoms with van der Waals surface area (Å²) in [5.74, 6) is -0.185. The van der Waals surface area contributed by atoms with Gasteiger partial charge in [0.05, 0.1) is 12.1 Å². The van der Waals surface area contributed by atoms with E-state index in [9.17, 15) is 9.59 Å². The first-order valence-corrected chi connectivity index (χ1v) is 9.26.